The average Bonchev–Trinajstić information content (AvgIpc) is 3.06. The quantitative estimate of drug-likeness (QED) is 0.770. The summed E-state index contributed by atoms with van der Waals surface area (Å²) in [4.78, 5) is 21.2. The lowest BCUT2D eigenvalue weighted by Gasteiger charge is -2.25. The Bertz CT molecular complexity index is 663. The lowest BCUT2D eigenvalue weighted by Crippen LogP contribution is -2.28. The number of rotatable bonds is 6. The smallest absolute Gasteiger partial charge is 0.265 e. The van der Waals surface area contributed by atoms with Crippen molar-refractivity contribution in [1.82, 2.24) is 9.88 Å². The molecular formula is C18H23N3OS2. The number of amides is 1. The summed E-state index contributed by atoms with van der Waals surface area (Å²) in [5.41, 5.74) is 0.742. The van der Waals surface area contributed by atoms with Crippen LogP contribution in [-0.2, 0) is 6.54 Å². The molecule has 0 unspecified atom stereocenters. The second kappa shape index (κ2) is 8.65. The SMILES string of the molecule is CCSc1ccc(NC(=O)c2ccc(CN3CCCCC3)s2)cn1. The Morgan fingerprint density at radius 2 is 2.08 bits per heavy atom. The summed E-state index contributed by atoms with van der Waals surface area (Å²) in [5, 5.41) is 3.91. The Balaban J connectivity index is 1.56. The molecule has 0 spiro atoms. The first-order valence-electron chi connectivity index (χ1n) is 8.46. The highest BCUT2D eigenvalue weighted by Gasteiger charge is 2.14. The number of nitrogens with zero attached hydrogens (tertiary/aromatic N) is 2. The number of likely N-dealkylation sites (tertiary alicyclic amines) is 1. The number of nitrogens with one attached hydrogen (secondary N) is 1. The highest BCUT2D eigenvalue weighted by molar-refractivity contribution is 7.99. The van der Waals surface area contributed by atoms with Crippen LogP contribution in [-0.4, -0.2) is 34.6 Å². The lowest BCUT2D eigenvalue weighted by atomic mass is 10.1. The summed E-state index contributed by atoms with van der Waals surface area (Å²) in [6.45, 7) is 5.41. The van der Waals surface area contributed by atoms with Crippen LogP contribution in [0.2, 0.25) is 0 Å². The van der Waals surface area contributed by atoms with Crippen molar-refractivity contribution >= 4 is 34.7 Å². The molecule has 0 aliphatic carbocycles. The zero-order chi connectivity index (χ0) is 16.8. The van der Waals surface area contributed by atoms with Gasteiger partial charge >= 0.3 is 0 Å². The first-order valence-corrected chi connectivity index (χ1v) is 10.3. The largest absolute Gasteiger partial charge is 0.320 e. The van der Waals surface area contributed by atoms with Crippen LogP contribution in [0.4, 0.5) is 5.69 Å². The number of pyridine rings is 1. The van der Waals surface area contributed by atoms with Crippen molar-refractivity contribution in [3.05, 3.63) is 40.2 Å². The number of hydrogen-bond acceptors (Lipinski definition) is 5. The first-order chi connectivity index (χ1) is 11.7. The average molecular weight is 362 g/mol. The topological polar surface area (TPSA) is 45.2 Å². The van der Waals surface area contributed by atoms with Gasteiger partial charge in [0, 0.05) is 11.4 Å². The number of hydrogen-bond donors (Lipinski definition) is 1. The predicted octanol–water partition coefficient (Wildman–Crippen LogP) is 4.49. The highest BCUT2D eigenvalue weighted by Crippen LogP contribution is 2.22. The van der Waals surface area contributed by atoms with Crippen molar-refractivity contribution in [1.29, 1.82) is 0 Å². The third-order valence-corrected chi connectivity index (χ3v) is 5.89. The number of anilines is 1. The molecule has 128 valence electrons. The van der Waals surface area contributed by atoms with Crippen molar-refractivity contribution < 1.29 is 4.79 Å². The molecule has 2 aromatic heterocycles. The molecule has 6 heteroatoms. The fraction of sp³-hybridized carbons (Fsp3) is 0.444. The van der Waals surface area contributed by atoms with Gasteiger partial charge < -0.3 is 5.32 Å². The molecule has 0 atom stereocenters. The van der Waals surface area contributed by atoms with Gasteiger partial charge in [0.15, 0.2) is 0 Å². The molecule has 0 radical (unpaired) electrons. The van der Waals surface area contributed by atoms with Gasteiger partial charge in [0.2, 0.25) is 0 Å². The van der Waals surface area contributed by atoms with Gasteiger partial charge in [-0.15, -0.1) is 23.1 Å². The van der Waals surface area contributed by atoms with Crippen LogP contribution in [0.25, 0.3) is 0 Å². The van der Waals surface area contributed by atoms with Crippen molar-refractivity contribution in [3.63, 3.8) is 0 Å². The molecular weight excluding hydrogens is 338 g/mol. The molecule has 1 N–H and O–H groups in total. The molecule has 0 saturated carbocycles. The van der Waals surface area contributed by atoms with Gasteiger partial charge in [-0.05, 0) is 55.9 Å². The van der Waals surface area contributed by atoms with E-state index >= 15 is 0 Å². The maximum Gasteiger partial charge on any atom is 0.265 e. The molecule has 1 aliphatic heterocycles. The van der Waals surface area contributed by atoms with E-state index in [9.17, 15) is 4.79 Å². The van der Waals surface area contributed by atoms with Gasteiger partial charge in [-0.25, -0.2) is 4.98 Å². The third-order valence-electron chi connectivity index (χ3n) is 4.00. The minimum atomic E-state index is -0.0532. The van der Waals surface area contributed by atoms with E-state index in [-0.39, 0.29) is 5.91 Å². The summed E-state index contributed by atoms with van der Waals surface area (Å²) in [6.07, 6.45) is 5.65. The van der Waals surface area contributed by atoms with Gasteiger partial charge in [-0.2, -0.15) is 0 Å². The minimum Gasteiger partial charge on any atom is -0.320 e. The van der Waals surface area contributed by atoms with Crippen molar-refractivity contribution in [2.24, 2.45) is 0 Å². The van der Waals surface area contributed by atoms with Gasteiger partial charge in [0.1, 0.15) is 0 Å². The predicted molar refractivity (Wildman–Crippen MR) is 102 cm³/mol. The maximum absolute atomic E-state index is 12.4. The van der Waals surface area contributed by atoms with E-state index in [2.05, 4.69) is 28.2 Å². The Hall–Kier alpha value is -1.37. The summed E-state index contributed by atoms with van der Waals surface area (Å²) in [7, 11) is 0. The number of carbonyl (C=O) groups excluding carboxylic acids is 1. The molecule has 4 nitrogen and oxygen atoms in total. The maximum atomic E-state index is 12.4. The Labute approximate surface area is 151 Å². The van der Waals surface area contributed by atoms with E-state index in [0.717, 1.165) is 27.9 Å². The van der Waals surface area contributed by atoms with E-state index in [0.29, 0.717) is 0 Å². The molecule has 1 amide bonds. The Morgan fingerprint density at radius 3 is 2.79 bits per heavy atom. The van der Waals surface area contributed by atoms with Crippen LogP contribution < -0.4 is 5.32 Å². The van der Waals surface area contributed by atoms with Gasteiger partial charge in [-0.3, -0.25) is 9.69 Å². The van der Waals surface area contributed by atoms with Gasteiger partial charge in [-0.1, -0.05) is 13.3 Å². The van der Waals surface area contributed by atoms with E-state index in [4.69, 9.17) is 0 Å². The molecule has 3 heterocycles. The van der Waals surface area contributed by atoms with Gasteiger partial charge in [0.05, 0.1) is 21.8 Å². The van der Waals surface area contributed by atoms with Crippen molar-refractivity contribution in [2.45, 2.75) is 37.8 Å². The number of thiophene rings is 1. The number of aromatic nitrogens is 1. The Kier molecular flexibility index (Phi) is 6.29. The molecule has 1 saturated heterocycles. The monoisotopic (exact) mass is 361 g/mol. The van der Waals surface area contributed by atoms with Gasteiger partial charge in [0.25, 0.3) is 5.91 Å². The van der Waals surface area contributed by atoms with Crippen LogP contribution in [0.1, 0.15) is 40.7 Å². The zero-order valence-corrected chi connectivity index (χ0v) is 15.6. The second-order valence-corrected chi connectivity index (χ2v) is 8.33. The summed E-state index contributed by atoms with van der Waals surface area (Å²) in [6, 6.07) is 7.85. The van der Waals surface area contributed by atoms with Crippen LogP contribution in [0.15, 0.2) is 35.5 Å². The molecule has 0 bridgehead atoms. The Morgan fingerprint density at radius 1 is 1.25 bits per heavy atom. The van der Waals surface area contributed by atoms with E-state index in [1.54, 1.807) is 29.3 Å². The second-order valence-electron chi connectivity index (χ2n) is 5.88. The van der Waals surface area contributed by atoms with E-state index in [1.807, 2.05) is 18.2 Å². The molecule has 2 aromatic rings. The number of piperidine rings is 1. The van der Waals surface area contributed by atoms with Crippen molar-refractivity contribution in [2.75, 3.05) is 24.2 Å². The fourth-order valence-electron chi connectivity index (χ4n) is 2.80. The van der Waals surface area contributed by atoms with Crippen molar-refractivity contribution in [3.8, 4) is 0 Å². The molecule has 24 heavy (non-hydrogen) atoms. The molecule has 1 aliphatic rings. The highest BCUT2D eigenvalue weighted by atomic mass is 32.2. The normalized spacial score (nSPS) is 15.4. The minimum absolute atomic E-state index is 0.0532. The standard InChI is InChI=1S/C18H23N3OS2/c1-2-23-17-9-6-14(12-19-17)20-18(22)16-8-7-15(24-16)13-21-10-4-3-5-11-21/h6-9,12H,2-5,10-11,13H2,1H3,(H,20,22). The summed E-state index contributed by atoms with van der Waals surface area (Å²) < 4.78 is 0. The lowest BCUT2D eigenvalue weighted by molar-refractivity contribution is 0.103. The first kappa shape index (κ1) is 17.5. The van der Waals surface area contributed by atoms with E-state index < -0.39 is 0 Å². The molecule has 0 aromatic carbocycles. The van der Waals surface area contributed by atoms with Crippen LogP contribution in [0, 0.1) is 0 Å². The fourth-order valence-corrected chi connectivity index (χ4v) is 4.34. The summed E-state index contributed by atoms with van der Waals surface area (Å²) in [5.74, 6) is 0.941. The molecule has 3 rings (SSSR count). The summed E-state index contributed by atoms with van der Waals surface area (Å²) >= 11 is 3.28. The van der Waals surface area contributed by atoms with E-state index in [1.165, 1.54) is 37.2 Å². The van der Waals surface area contributed by atoms with Crippen LogP contribution in [0.3, 0.4) is 0 Å². The number of thioether (sulfide) groups is 1. The number of carbonyl (C=O) groups is 1. The zero-order valence-electron chi connectivity index (χ0n) is 14.0. The van der Waals surface area contributed by atoms with Crippen LogP contribution >= 0.6 is 23.1 Å². The molecule has 1 fully saturated rings. The third kappa shape index (κ3) is 4.82. The van der Waals surface area contributed by atoms with Crippen LogP contribution in [0.5, 0.6) is 0 Å².